The molecule has 0 spiro atoms. The van der Waals surface area contributed by atoms with E-state index in [0.29, 0.717) is 5.95 Å². The standard InChI is InChI=1S/C44H26N4S/c1-2-13-29(14-3-1)47-35-19-9-8-18-33(35)34-26-28(22-24-38(34)47)42-41-40-30-15-5-4-12-27(30)23-25-39(40)49-43(41)46-44(45-42)48-36-20-10-6-16-31(36)32-17-7-11-21-37(32)48/h1-26H. The van der Waals surface area contributed by atoms with Crippen LogP contribution in [0.15, 0.2) is 158 Å². The molecule has 228 valence electrons. The second kappa shape index (κ2) is 10.1. The first-order chi connectivity index (χ1) is 24.3. The molecule has 0 aliphatic rings. The molecular weight excluding hydrogens is 617 g/mol. The van der Waals surface area contributed by atoms with Crippen LogP contribution in [0.25, 0.3) is 97.6 Å². The van der Waals surface area contributed by atoms with E-state index in [9.17, 15) is 0 Å². The Hall–Kier alpha value is -6.30. The van der Waals surface area contributed by atoms with E-state index in [4.69, 9.17) is 9.97 Å². The van der Waals surface area contributed by atoms with Crippen LogP contribution in [0.3, 0.4) is 0 Å². The van der Waals surface area contributed by atoms with E-state index in [2.05, 4.69) is 167 Å². The molecule has 0 unspecified atom stereocenters. The smallest absolute Gasteiger partial charge is 0.236 e. The first-order valence-corrected chi connectivity index (χ1v) is 17.3. The van der Waals surface area contributed by atoms with Crippen LogP contribution in [0, 0.1) is 0 Å². The molecule has 5 heteroatoms. The van der Waals surface area contributed by atoms with Crippen LogP contribution in [0.1, 0.15) is 0 Å². The van der Waals surface area contributed by atoms with Crippen LogP contribution in [-0.2, 0) is 0 Å². The van der Waals surface area contributed by atoms with Crippen LogP contribution in [0.2, 0.25) is 0 Å². The van der Waals surface area contributed by atoms with Gasteiger partial charge in [0, 0.05) is 48.3 Å². The predicted molar refractivity (Wildman–Crippen MR) is 207 cm³/mol. The lowest BCUT2D eigenvalue weighted by molar-refractivity contribution is 1.02. The highest BCUT2D eigenvalue weighted by Gasteiger charge is 2.22. The Balaban J connectivity index is 1.28. The van der Waals surface area contributed by atoms with Gasteiger partial charge in [0.25, 0.3) is 0 Å². The summed E-state index contributed by atoms with van der Waals surface area (Å²) in [5, 5.41) is 9.57. The topological polar surface area (TPSA) is 35.6 Å². The van der Waals surface area contributed by atoms with Crippen molar-refractivity contribution in [3.05, 3.63) is 158 Å². The van der Waals surface area contributed by atoms with Crippen LogP contribution in [0.4, 0.5) is 0 Å². The van der Waals surface area contributed by atoms with E-state index < -0.39 is 0 Å². The number of aromatic nitrogens is 4. The van der Waals surface area contributed by atoms with Gasteiger partial charge in [0.15, 0.2) is 0 Å². The van der Waals surface area contributed by atoms with Gasteiger partial charge in [-0.05, 0) is 59.3 Å². The molecule has 7 aromatic carbocycles. The van der Waals surface area contributed by atoms with Gasteiger partial charge in [-0.2, -0.15) is 0 Å². The molecule has 0 N–H and O–H groups in total. The molecule has 0 amide bonds. The van der Waals surface area contributed by atoms with E-state index in [-0.39, 0.29) is 0 Å². The van der Waals surface area contributed by atoms with Crippen molar-refractivity contribution >= 4 is 86.0 Å². The van der Waals surface area contributed by atoms with E-state index in [1.165, 1.54) is 53.4 Å². The number of hydrogen-bond acceptors (Lipinski definition) is 3. The number of nitrogens with zero attached hydrogens (tertiary/aromatic N) is 4. The zero-order valence-electron chi connectivity index (χ0n) is 26.2. The van der Waals surface area contributed by atoms with Crippen molar-refractivity contribution < 1.29 is 0 Å². The first kappa shape index (κ1) is 26.7. The summed E-state index contributed by atoms with van der Waals surface area (Å²) in [6.45, 7) is 0. The maximum absolute atomic E-state index is 5.55. The molecule has 4 nitrogen and oxygen atoms in total. The summed E-state index contributed by atoms with van der Waals surface area (Å²) in [6, 6.07) is 56.4. The van der Waals surface area contributed by atoms with Gasteiger partial charge in [0.2, 0.25) is 5.95 Å². The zero-order valence-corrected chi connectivity index (χ0v) is 27.0. The molecule has 0 saturated carbocycles. The van der Waals surface area contributed by atoms with Crippen LogP contribution in [-0.4, -0.2) is 19.1 Å². The van der Waals surface area contributed by atoms with Crippen LogP contribution in [0.5, 0.6) is 0 Å². The van der Waals surface area contributed by atoms with Crippen molar-refractivity contribution in [1.29, 1.82) is 0 Å². The third-order valence-electron chi connectivity index (χ3n) is 9.95. The quantitative estimate of drug-likeness (QED) is 0.192. The normalized spacial score (nSPS) is 12.1. The van der Waals surface area contributed by atoms with E-state index in [1.807, 2.05) is 0 Å². The molecule has 11 aromatic rings. The number of para-hydroxylation sites is 4. The minimum absolute atomic E-state index is 0.683. The van der Waals surface area contributed by atoms with Gasteiger partial charge in [-0.3, -0.25) is 4.57 Å². The average Bonchev–Trinajstić information content (AvgIpc) is 3.82. The number of fused-ring (bicyclic) bond motifs is 11. The summed E-state index contributed by atoms with van der Waals surface area (Å²) in [5.41, 5.74) is 7.73. The Bertz CT molecular complexity index is 3060. The van der Waals surface area contributed by atoms with Crippen molar-refractivity contribution in [3.63, 3.8) is 0 Å². The molecule has 11 rings (SSSR count). The zero-order chi connectivity index (χ0) is 32.1. The molecule has 0 saturated heterocycles. The second-order valence-electron chi connectivity index (χ2n) is 12.6. The Morgan fingerprint density at radius 3 is 1.76 bits per heavy atom. The van der Waals surface area contributed by atoms with E-state index in [0.717, 1.165) is 38.2 Å². The van der Waals surface area contributed by atoms with Gasteiger partial charge in [0.05, 0.1) is 27.8 Å². The van der Waals surface area contributed by atoms with Crippen LogP contribution >= 0.6 is 11.3 Å². The largest absolute Gasteiger partial charge is 0.309 e. The molecule has 0 fully saturated rings. The minimum atomic E-state index is 0.683. The third-order valence-corrected chi connectivity index (χ3v) is 11.0. The van der Waals surface area contributed by atoms with Crippen molar-refractivity contribution in [1.82, 2.24) is 19.1 Å². The molecule has 0 aliphatic carbocycles. The summed E-state index contributed by atoms with van der Waals surface area (Å²) in [4.78, 5) is 11.9. The van der Waals surface area contributed by atoms with Gasteiger partial charge in [-0.15, -0.1) is 11.3 Å². The first-order valence-electron chi connectivity index (χ1n) is 16.5. The number of rotatable bonds is 3. The fourth-order valence-electron chi connectivity index (χ4n) is 7.85. The fourth-order valence-corrected chi connectivity index (χ4v) is 8.94. The lowest BCUT2D eigenvalue weighted by Gasteiger charge is -2.11. The Morgan fingerprint density at radius 1 is 0.429 bits per heavy atom. The van der Waals surface area contributed by atoms with Gasteiger partial charge < -0.3 is 4.57 Å². The molecule has 0 radical (unpaired) electrons. The monoisotopic (exact) mass is 642 g/mol. The highest BCUT2D eigenvalue weighted by Crippen LogP contribution is 2.44. The van der Waals surface area contributed by atoms with Gasteiger partial charge in [-0.1, -0.05) is 109 Å². The van der Waals surface area contributed by atoms with E-state index >= 15 is 0 Å². The number of benzene rings is 7. The maximum atomic E-state index is 5.55. The lowest BCUT2D eigenvalue weighted by atomic mass is 10.0. The Kier molecular flexibility index (Phi) is 5.51. The molecule has 0 atom stereocenters. The molecule has 0 bridgehead atoms. The SMILES string of the molecule is c1ccc(-n2c3ccccc3c3cc(-c4nc(-n5c6ccccc6c6ccccc65)nc5sc6ccc7ccccc7c6c45)ccc32)cc1. The summed E-state index contributed by atoms with van der Waals surface area (Å²) in [6.07, 6.45) is 0. The van der Waals surface area contributed by atoms with E-state index in [1.54, 1.807) is 11.3 Å². The van der Waals surface area contributed by atoms with Crippen LogP contribution < -0.4 is 0 Å². The van der Waals surface area contributed by atoms with Gasteiger partial charge >= 0.3 is 0 Å². The van der Waals surface area contributed by atoms with Crippen molar-refractivity contribution in [2.24, 2.45) is 0 Å². The summed E-state index contributed by atoms with van der Waals surface area (Å²) in [7, 11) is 0. The molecule has 4 aromatic heterocycles. The lowest BCUT2D eigenvalue weighted by Crippen LogP contribution is -2.02. The van der Waals surface area contributed by atoms with Gasteiger partial charge in [0.1, 0.15) is 4.83 Å². The highest BCUT2D eigenvalue weighted by atomic mass is 32.1. The summed E-state index contributed by atoms with van der Waals surface area (Å²) >= 11 is 1.75. The number of hydrogen-bond donors (Lipinski definition) is 0. The predicted octanol–water partition coefficient (Wildman–Crippen LogP) is 11.9. The summed E-state index contributed by atoms with van der Waals surface area (Å²) < 4.78 is 5.81. The highest BCUT2D eigenvalue weighted by molar-refractivity contribution is 7.25. The van der Waals surface area contributed by atoms with Crippen molar-refractivity contribution in [3.8, 4) is 22.9 Å². The average molecular weight is 643 g/mol. The third kappa shape index (κ3) is 3.79. The van der Waals surface area contributed by atoms with Crippen molar-refractivity contribution in [2.45, 2.75) is 0 Å². The second-order valence-corrected chi connectivity index (χ2v) is 13.6. The molecule has 4 heterocycles. The Labute approximate surface area is 284 Å². The summed E-state index contributed by atoms with van der Waals surface area (Å²) in [5.74, 6) is 0.683. The van der Waals surface area contributed by atoms with Crippen molar-refractivity contribution in [2.75, 3.05) is 0 Å². The Morgan fingerprint density at radius 2 is 1.02 bits per heavy atom. The minimum Gasteiger partial charge on any atom is -0.309 e. The maximum Gasteiger partial charge on any atom is 0.236 e. The molecular formula is C44H26N4S. The molecule has 49 heavy (non-hydrogen) atoms. The van der Waals surface area contributed by atoms with Gasteiger partial charge in [-0.25, -0.2) is 9.97 Å². The number of thiophene rings is 1. The molecule has 0 aliphatic heterocycles. The fraction of sp³-hybridized carbons (Fsp3) is 0.